The van der Waals surface area contributed by atoms with E-state index in [2.05, 4.69) is 4.72 Å². The van der Waals surface area contributed by atoms with Crippen LogP contribution in [0.5, 0.6) is 0 Å². The number of benzene rings is 2. The number of aryl methyl sites for hydroxylation is 3. The predicted molar refractivity (Wildman–Crippen MR) is 126 cm³/mol. The molecular formula is C24H30N2O6S. The van der Waals surface area contributed by atoms with Gasteiger partial charge in [0.15, 0.2) is 0 Å². The molecule has 1 fully saturated rings. The number of sulfonamides is 1. The molecule has 9 heteroatoms. The molecule has 1 saturated heterocycles. The highest BCUT2D eigenvalue weighted by molar-refractivity contribution is 7.92. The van der Waals surface area contributed by atoms with Crippen molar-refractivity contribution in [2.24, 2.45) is 5.92 Å². The molecule has 0 bridgehead atoms. The summed E-state index contributed by atoms with van der Waals surface area (Å²) in [6.45, 7) is 8.61. The van der Waals surface area contributed by atoms with E-state index in [0.29, 0.717) is 43.8 Å². The number of nitrogens with zero attached hydrogens (tertiary/aromatic N) is 1. The Morgan fingerprint density at radius 3 is 2.30 bits per heavy atom. The lowest BCUT2D eigenvalue weighted by Crippen LogP contribution is -2.37. The largest absolute Gasteiger partial charge is 0.478 e. The molecule has 0 unspecified atom stereocenters. The SMILES string of the molecule is CCOC(=O)C1CCN(c2ccc(NS(=O)(=O)c3cc(C)c(C)cc3C)cc2C(=O)O)CC1. The number of hydrogen-bond acceptors (Lipinski definition) is 6. The Morgan fingerprint density at radius 1 is 1.06 bits per heavy atom. The van der Waals surface area contributed by atoms with Crippen LogP contribution in [-0.2, 0) is 19.6 Å². The monoisotopic (exact) mass is 474 g/mol. The first-order chi connectivity index (χ1) is 15.5. The van der Waals surface area contributed by atoms with Gasteiger partial charge in [0.25, 0.3) is 10.0 Å². The Balaban J connectivity index is 1.83. The van der Waals surface area contributed by atoms with Gasteiger partial charge >= 0.3 is 11.9 Å². The zero-order chi connectivity index (χ0) is 24.3. The van der Waals surface area contributed by atoms with Crippen molar-refractivity contribution in [1.82, 2.24) is 0 Å². The summed E-state index contributed by atoms with van der Waals surface area (Å²) in [7, 11) is -3.89. The van der Waals surface area contributed by atoms with Crippen LogP contribution >= 0.6 is 0 Å². The van der Waals surface area contributed by atoms with E-state index in [9.17, 15) is 23.1 Å². The molecule has 178 valence electrons. The Hall–Kier alpha value is -3.07. The number of anilines is 2. The number of hydrogen-bond donors (Lipinski definition) is 2. The third kappa shape index (κ3) is 5.47. The van der Waals surface area contributed by atoms with Crippen LogP contribution in [0.2, 0.25) is 0 Å². The van der Waals surface area contributed by atoms with E-state index in [1.54, 1.807) is 32.0 Å². The first kappa shape index (κ1) is 24.6. The molecule has 1 heterocycles. The molecule has 0 spiro atoms. The number of ether oxygens (including phenoxy) is 1. The van der Waals surface area contributed by atoms with Gasteiger partial charge in [-0.2, -0.15) is 0 Å². The van der Waals surface area contributed by atoms with E-state index < -0.39 is 16.0 Å². The normalized spacial score (nSPS) is 14.7. The third-order valence-corrected chi connectivity index (χ3v) is 7.54. The lowest BCUT2D eigenvalue weighted by atomic mass is 9.96. The highest BCUT2D eigenvalue weighted by Gasteiger charge is 2.28. The van der Waals surface area contributed by atoms with Crippen LogP contribution in [0.25, 0.3) is 0 Å². The Bertz CT molecular complexity index is 1170. The summed E-state index contributed by atoms with van der Waals surface area (Å²) in [5.74, 6) is -1.57. The van der Waals surface area contributed by atoms with Gasteiger partial charge in [0.1, 0.15) is 0 Å². The first-order valence-corrected chi connectivity index (χ1v) is 12.4. The van der Waals surface area contributed by atoms with Gasteiger partial charge in [-0.25, -0.2) is 13.2 Å². The molecule has 0 aromatic heterocycles. The minimum absolute atomic E-state index is 0.00148. The van der Waals surface area contributed by atoms with Gasteiger partial charge in [-0.05, 0) is 81.5 Å². The number of rotatable bonds is 7. The predicted octanol–water partition coefficient (Wildman–Crippen LogP) is 3.89. The molecule has 0 saturated carbocycles. The molecule has 33 heavy (non-hydrogen) atoms. The minimum Gasteiger partial charge on any atom is -0.478 e. The second-order valence-electron chi connectivity index (χ2n) is 8.36. The van der Waals surface area contributed by atoms with Gasteiger partial charge in [0.2, 0.25) is 0 Å². The highest BCUT2D eigenvalue weighted by atomic mass is 32.2. The molecule has 1 aliphatic rings. The number of piperidine rings is 1. The average Bonchev–Trinajstić information content (AvgIpc) is 2.76. The van der Waals surface area contributed by atoms with Crippen molar-refractivity contribution in [3.63, 3.8) is 0 Å². The molecule has 0 radical (unpaired) electrons. The number of nitrogens with one attached hydrogen (secondary N) is 1. The van der Waals surface area contributed by atoms with Gasteiger partial charge < -0.3 is 14.7 Å². The van der Waals surface area contributed by atoms with Crippen LogP contribution < -0.4 is 9.62 Å². The summed E-state index contributed by atoms with van der Waals surface area (Å²) >= 11 is 0. The van der Waals surface area contributed by atoms with Crippen LogP contribution in [0.1, 0.15) is 46.8 Å². The highest BCUT2D eigenvalue weighted by Crippen LogP contribution is 2.30. The van der Waals surface area contributed by atoms with Gasteiger partial charge in [-0.3, -0.25) is 9.52 Å². The van der Waals surface area contributed by atoms with Crippen molar-refractivity contribution in [3.8, 4) is 0 Å². The van der Waals surface area contributed by atoms with Gasteiger partial charge in [0.05, 0.1) is 28.7 Å². The van der Waals surface area contributed by atoms with Crippen molar-refractivity contribution in [2.45, 2.75) is 45.4 Å². The molecule has 2 aromatic rings. The van der Waals surface area contributed by atoms with Crippen molar-refractivity contribution in [2.75, 3.05) is 29.3 Å². The topological polar surface area (TPSA) is 113 Å². The average molecular weight is 475 g/mol. The number of carboxylic acids is 1. The Labute approximate surface area is 194 Å². The number of esters is 1. The molecule has 2 N–H and O–H groups in total. The number of aromatic carboxylic acids is 1. The molecule has 3 rings (SSSR count). The molecule has 8 nitrogen and oxygen atoms in total. The minimum atomic E-state index is -3.89. The maximum atomic E-state index is 13.0. The summed E-state index contributed by atoms with van der Waals surface area (Å²) in [4.78, 5) is 26.0. The fourth-order valence-corrected chi connectivity index (χ4v) is 5.46. The van der Waals surface area contributed by atoms with Gasteiger partial charge in [-0.15, -0.1) is 0 Å². The summed E-state index contributed by atoms with van der Waals surface area (Å²) in [6.07, 6.45) is 1.14. The fraction of sp³-hybridized carbons (Fsp3) is 0.417. The van der Waals surface area contributed by atoms with Crippen LogP contribution in [0.15, 0.2) is 35.2 Å². The lowest BCUT2D eigenvalue weighted by Gasteiger charge is -2.33. The molecular weight excluding hydrogens is 444 g/mol. The summed E-state index contributed by atoms with van der Waals surface area (Å²) in [5, 5.41) is 9.78. The molecule has 0 amide bonds. The van der Waals surface area contributed by atoms with Crippen LogP contribution in [0.3, 0.4) is 0 Å². The maximum Gasteiger partial charge on any atom is 0.337 e. The van der Waals surface area contributed by atoms with E-state index in [-0.39, 0.29) is 28.0 Å². The van der Waals surface area contributed by atoms with Crippen molar-refractivity contribution < 1.29 is 27.9 Å². The second kappa shape index (κ2) is 9.82. The summed E-state index contributed by atoms with van der Waals surface area (Å²) in [5.41, 5.74) is 3.14. The van der Waals surface area contributed by atoms with Crippen molar-refractivity contribution in [3.05, 3.63) is 52.6 Å². The van der Waals surface area contributed by atoms with Crippen LogP contribution in [-0.4, -0.2) is 45.2 Å². The van der Waals surface area contributed by atoms with Gasteiger partial charge in [0, 0.05) is 18.8 Å². The lowest BCUT2D eigenvalue weighted by molar-refractivity contribution is -0.148. The zero-order valence-electron chi connectivity index (χ0n) is 19.3. The molecule has 1 aliphatic heterocycles. The molecule has 0 atom stereocenters. The van der Waals surface area contributed by atoms with Crippen LogP contribution in [0, 0.1) is 26.7 Å². The van der Waals surface area contributed by atoms with E-state index in [0.717, 1.165) is 11.1 Å². The maximum absolute atomic E-state index is 13.0. The number of carbonyl (C=O) groups excluding carboxylic acids is 1. The quantitative estimate of drug-likeness (QED) is 0.585. The first-order valence-electron chi connectivity index (χ1n) is 10.9. The number of carbonyl (C=O) groups is 2. The summed E-state index contributed by atoms with van der Waals surface area (Å²) in [6, 6.07) is 7.94. The van der Waals surface area contributed by atoms with Crippen LogP contribution in [0.4, 0.5) is 11.4 Å². The Morgan fingerprint density at radius 2 is 1.70 bits per heavy atom. The van der Waals surface area contributed by atoms with E-state index in [1.807, 2.05) is 24.8 Å². The molecule has 2 aromatic carbocycles. The fourth-order valence-electron chi connectivity index (χ4n) is 4.10. The smallest absolute Gasteiger partial charge is 0.337 e. The summed E-state index contributed by atoms with van der Waals surface area (Å²) < 4.78 is 33.6. The van der Waals surface area contributed by atoms with Crippen molar-refractivity contribution >= 4 is 33.3 Å². The standard InChI is InChI=1S/C24H30N2O6S/c1-5-32-24(29)18-8-10-26(11-9-18)21-7-6-19(14-20(21)23(27)28)25-33(30,31)22-13-16(3)15(2)12-17(22)4/h6-7,12-14,18,25H,5,8-11H2,1-4H3,(H,27,28). The Kier molecular flexibility index (Phi) is 7.31. The van der Waals surface area contributed by atoms with E-state index in [1.165, 1.54) is 6.07 Å². The van der Waals surface area contributed by atoms with Gasteiger partial charge in [-0.1, -0.05) is 6.07 Å². The second-order valence-corrected chi connectivity index (χ2v) is 10.0. The molecule has 0 aliphatic carbocycles. The van der Waals surface area contributed by atoms with E-state index >= 15 is 0 Å². The van der Waals surface area contributed by atoms with Crippen molar-refractivity contribution in [1.29, 1.82) is 0 Å². The van der Waals surface area contributed by atoms with E-state index in [4.69, 9.17) is 4.74 Å². The third-order valence-electron chi connectivity index (χ3n) is 6.02. The zero-order valence-corrected chi connectivity index (χ0v) is 20.2. The number of carboxylic acid groups (broad SMARTS) is 1.